The highest BCUT2D eigenvalue weighted by Crippen LogP contribution is 2.19. The van der Waals surface area contributed by atoms with E-state index in [1.54, 1.807) is 24.3 Å². The standard InChI is InChI=1S/C19H21FN4O2/c1-14(24-8-10-25-11-9-24)13-22-19-17(12-21)23-18(26-19)7-4-15-2-5-16(20)6-3-15/h2-7,14,22H,8-11,13H2,1H3. The molecule has 0 spiro atoms. The van der Waals surface area contributed by atoms with Gasteiger partial charge in [0.2, 0.25) is 17.5 Å². The first-order valence-corrected chi connectivity index (χ1v) is 8.56. The first-order valence-electron chi connectivity index (χ1n) is 8.56. The zero-order valence-corrected chi connectivity index (χ0v) is 14.6. The number of hydrogen-bond acceptors (Lipinski definition) is 6. The predicted octanol–water partition coefficient (Wildman–Crippen LogP) is 2.99. The summed E-state index contributed by atoms with van der Waals surface area (Å²) in [7, 11) is 0. The zero-order chi connectivity index (χ0) is 18.4. The molecule has 1 saturated heterocycles. The Morgan fingerprint density at radius 3 is 2.73 bits per heavy atom. The lowest BCUT2D eigenvalue weighted by molar-refractivity contribution is 0.0226. The van der Waals surface area contributed by atoms with Crippen LogP contribution >= 0.6 is 0 Å². The van der Waals surface area contributed by atoms with E-state index in [1.807, 2.05) is 6.07 Å². The van der Waals surface area contributed by atoms with Gasteiger partial charge in [-0.1, -0.05) is 12.1 Å². The number of hydrogen-bond donors (Lipinski definition) is 1. The number of nitrogens with zero attached hydrogens (tertiary/aromatic N) is 3. The second-order valence-corrected chi connectivity index (χ2v) is 6.10. The van der Waals surface area contributed by atoms with E-state index in [1.165, 1.54) is 12.1 Å². The lowest BCUT2D eigenvalue weighted by Crippen LogP contribution is -2.45. The molecule has 26 heavy (non-hydrogen) atoms. The normalized spacial score (nSPS) is 16.5. The van der Waals surface area contributed by atoms with Gasteiger partial charge in [-0.25, -0.2) is 4.39 Å². The summed E-state index contributed by atoms with van der Waals surface area (Å²) in [6, 6.07) is 8.41. The SMILES string of the molecule is CC(CNc1oc(C=Cc2ccc(F)cc2)nc1C#N)N1CCOCC1. The summed E-state index contributed by atoms with van der Waals surface area (Å²) in [4.78, 5) is 6.49. The van der Waals surface area contributed by atoms with Gasteiger partial charge in [-0.2, -0.15) is 10.2 Å². The Kier molecular flexibility index (Phi) is 6.00. The maximum absolute atomic E-state index is 12.9. The predicted molar refractivity (Wildman–Crippen MR) is 96.9 cm³/mol. The molecule has 1 N–H and O–H groups in total. The number of nitriles is 1. The van der Waals surface area contributed by atoms with Crippen molar-refractivity contribution in [3.8, 4) is 6.07 Å². The number of morpholine rings is 1. The molecule has 0 radical (unpaired) electrons. The number of oxazole rings is 1. The molecule has 3 rings (SSSR count). The third-order valence-electron chi connectivity index (χ3n) is 4.27. The van der Waals surface area contributed by atoms with Gasteiger partial charge in [0, 0.05) is 31.8 Å². The van der Waals surface area contributed by atoms with E-state index in [0.717, 1.165) is 31.9 Å². The Morgan fingerprint density at radius 1 is 1.31 bits per heavy atom. The van der Waals surface area contributed by atoms with Crippen molar-refractivity contribution in [2.75, 3.05) is 38.2 Å². The Morgan fingerprint density at radius 2 is 2.04 bits per heavy atom. The number of benzene rings is 1. The quantitative estimate of drug-likeness (QED) is 0.858. The molecular weight excluding hydrogens is 335 g/mol. The average molecular weight is 356 g/mol. The number of ether oxygens (including phenoxy) is 1. The van der Waals surface area contributed by atoms with Crippen molar-refractivity contribution in [2.24, 2.45) is 0 Å². The van der Waals surface area contributed by atoms with Gasteiger partial charge in [0.15, 0.2) is 0 Å². The van der Waals surface area contributed by atoms with Crippen LogP contribution in [-0.4, -0.2) is 48.8 Å². The summed E-state index contributed by atoms with van der Waals surface area (Å²) in [5.41, 5.74) is 1.04. The number of halogens is 1. The van der Waals surface area contributed by atoms with Gasteiger partial charge in [-0.3, -0.25) is 4.90 Å². The van der Waals surface area contributed by atoms with Crippen LogP contribution in [0.25, 0.3) is 12.2 Å². The lowest BCUT2D eigenvalue weighted by atomic mass is 10.2. The molecule has 0 bridgehead atoms. The molecule has 1 aromatic carbocycles. The van der Waals surface area contributed by atoms with Gasteiger partial charge < -0.3 is 14.5 Å². The Hall–Kier alpha value is -2.69. The van der Waals surface area contributed by atoms with Gasteiger partial charge in [-0.05, 0) is 30.7 Å². The third kappa shape index (κ3) is 4.69. The molecule has 2 heterocycles. The number of nitrogens with one attached hydrogen (secondary N) is 1. The highest BCUT2D eigenvalue weighted by atomic mass is 19.1. The number of aromatic nitrogens is 1. The maximum atomic E-state index is 12.9. The first-order chi connectivity index (χ1) is 12.7. The molecule has 0 saturated carbocycles. The molecular formula is C19H21FN4O2. The average Bonchev–Trinajstić information content (AvgIpc) is 3.08. The van der Waals surface area contributed by atoms with Gasteiger partial charge in [-0.15, -0.1) is 0 Å². The minimum absolute atomic E-state index is 0.220. The van der Waals surface area contributed by atoms with Crippen molar-refractivity contribution in [1.82, 2.24) is 9.88 Å². The molecule has 7 heteroatoms. The minimum atomic E-state index is -0.286. The molecule has 1 aliphatic heterocycles. The molecule has 1 unspecified atom stereocenters. The molecule has 6 nitrogen and oxygen atoms in total. The van der Waals surface area contributed by atoms with Gasteiger partial charge >= 0.3 is 0 Å². The van der Waals surface area contributed by atoms with E-state index in [0.29, 0.717) is 18.3 Å². The lowest BCUT2D eigenvalue weighted by Gasteiger charge is -2.32. The van der Waals surface area contributed by atoms with Crippen molar-refractivity contribution in [1.29, 1.82) is 5.26 Å². The number of rotatable bonds is 6. The van der Waals surface area contributed by atoms with E-state index in [4.69, 9.17) is 9.15 Å². The molecule has 0 amide bonds. The summed E-state index contributed by atoms with van der Waals surface area (Å²) in [5.74, 6) is 0.407. The highest BCUT2D eigenvalue weighted by Gasteiger charge is 2.18. The van der Waals surface area contributed by atoms with Crippen molar-refractivity contribution in [3.63, 3.8) is 0 Å². The molecule has 2 aromatic rings. The van der Waals surface area contributed by atoms with E-state index < -0.39 is 0 Å². The Labute approximate surface area is 151 Å². The van der Waals surface area contributed by atoms with E-state index in [9.17, 15) is 9.65 Å². The summed E-state index contributed by atoms with van der Waals surface area (Å²) in [6.07, 6.45) is 3.41. The maximum Gasteiger partial charge on any atom is 0.232 e. The van der Waals surface area contributed by atoms with Crippen LogP contribution in [0.15, 0.2) is 28.7 Å². The topological polar surface area (TPSA) is 74.3 Å². The second-order valence-electron chi connectivity index (χ2n) is 6.10. The molecule has 1 aromatic heterocycles. The van der Waals surface area contributed by atoms with Crippen LogP contribution in [0.2, 0.25) is 0 Å². The van der Waals surface area contributed by atoms with E-state index >= 15 is 0 Å². The first kappa shape index (κ1) is 18.1. The molecule has 1 atom stereocenters. The summed E-state index contributed by atoms with van der Waals surface area (Å²) in [6.45, 7) is 6.05. The van der Waals surface area contributed by atoms with Gasteiger partial charge in [0.25, 0.3) is 0 Å². The van der Waals surface area contributed by atoms with Crippen LogP contribution in [0.4, 0.5) is 10.3 Å². The molecule has 1 fully saturated rings. The minimum Gasteiger partial charge on any atom is -0.420 e. The fraction of sp³-hybridized carbons (Fsp3) is 0.368. The van der Waals surface area contributed by atoms with Crippen LogP contribution in [0.5, 0.6) is 0 Å². The van der Waals surface area contributed by atoms with Crippen LogP contribution < -0.4 is 5.32 Å². The number of anilines is 1. The smallest absolute Gasteiger partial charge is 0.232 e. The highest BCUT2D eigenvalue weighted by molar-refractivity contribution is 5.67. The Balaban J connectivity index is 1.62. The van der Waals surface area contributed by atoms with Crippen LogP contribution in [0.1, 0.15) is 24.1 Å². The summed E-state index contributed by atoms with van der Waals surface area (Å²) in [5, 5.41) is 12.4. The largest absolute Gasteiger partial charge is 0.420 e. The summed E-state index contributed by atoms with van der Waals surface area (Å²) >= 11 is 0. The van der Waals surface area contributed by atoms with Gasteiger partial charge in [0.1, 0.15) is 11.9 Å². The van der Waals surface area contributed by atoms with Crippen LogP contribution in [0, 0.1) is 17.1 Å². The monoisotopic (exact) mass is 356 g/mol. The zero-order valence-electron chi connectivity index (χ0n) is 14.6. The van der Waals surface area contributed by atoms with Crippen molar-refractivity contribution < 1.29 is 13.5 Å². The summed E-state index contributed by atoms with van der Waals surface area (Å²) < 4.78 is 23.9. The van der Waals surface area contributed by atoms with Crippen molar-refractivity contribution >= 4 is 18.0 Å². The van der Waals surface area contributed by atoms with Crippen LogP contribution in [-0.2, 0) is 4.74 Å². The van der Waals surface area contributed by atoms with Crippen molar-refractivity contribution in [3.05, 3.63) is 47.2 Å². The van der Waals surface area contributed by atoms with E-state index in [-0.39, 0.29) is 17.6 Å². The fourth-order valence-corrected chi connectivity index (χ4v) is 2.73. The third-order valence-corrected chi connectivity index (χ3v) is 4.27. The fourth-order valence-electron chi connectivity index (χ4n) is 2.73. The van der Waals surface area contributed by atoms with E-state index in [2.05, 4.69) is 22.1 Å². The second kappa shape index (κ2) is 8.61. The molecule has 1 aliphatic rings. The molecule has 0 aliphatic carbocycles. The molecule has 136 valence electrons. The Bertz CT molecular complexity index is 789. The van der Waals surface area contributed by atoms with Gasteiger partial charge in [0.05, 0.1) is 13.2 Å². The van der Waals surface area contributed by atoms with Crippen molar-refractivity contribution in [2.45, 2.75) is 13.0 Å². The van der Waals surface area contributed by atoms with Crippen LogP contribution in [0.3, 0.4) is 0 Å².